The first-order valence-corrected chi connectivity index (χ1v) is 11.4. The summed E-state index contributed by atoms with van der Waals surface area (Å²) >= 11 is 0. The maximum atomic E-state index is 12.4. The van der Waals surface area contributed by atoms with Crippen molar-refractivity contribution in [1.82, 2.24) is 4.90 Å². The Balaban J connectivity index is 1.91. The number of ether oxygens (including phenoxy) is 4. The maximum Gasteiger partial charge on any atom is 0.311 e. The van der Waals surface area contributed by atoms with E-state index in [1.54, 1.807) is 28.1 Å². The Hall–Kier alpha value is -2.54. The Morgan fingerprint density at radius 1 is 1.12 bits per heavy atom. The van der Waals surface area contributed by atoms with Gasteiger partial charge in [0.25, 0.3) is 0 Å². The summed E-state index contributed by atoms with van der Waals surface area (Å²) in [5.74, 6) is 1.37. The minimum Gasteiger partial charge on any atom is -0.497 e. The lowest BCUT2D eigenvalue weighted by Crippen LogP contribution is -2.61. The van der Waals surface area contributed by atoms with Crippen LogP contribution >= 0.6 is 0 Å². The molecule has 0 saturated carbocycles. The minimum atomic E-state index is -0.473. The number of hydrogen-bond donors (Lipinski definition) is 0. The standard InChI is InChI=1S/C25H33NO6/c1-6-21(27)31-20-14-25-10-11-26(3)17(16(25)13-19(20)30-5)12-15-8-9-18(29-4)24(23(15)25)32-22(28)7-2/h8-9,13,16-17,20H,6-7,10-12,14H2,1-5H3/t16-,17+,20?,25-/m0/s1. The minimum absolute atomic E-state index is 0.145. The smallest absolute Gasteiger partial charge is 0.311 e. The second-order valence-electron chi connectivity index (χ2n) is 8.95. The van der Waals surface area contributed by atoms with Crippen LogP contribution in [0.5, 0.6) is 11.5 Å². The highest BCUT2D eigenvalue weighted by molar-refractivity contribution is 5.75. The zero-order chi connectivity index (χ0) is 23.0. The molecule has 0 amide bonds. The monoisotopic (exact) mass is 443 g/mol. The van der Waals surface area contributed by atoms with E-state index in [9.17, 15) is 9.59 Å². The number of likely N-dealkylation sites (N-methyl/N-ethyl adjacent to an activating group) is 1. The SMILES string of the molecule is CCC(=O)Oc1c(OC)ccc2c1[C@]13CCN(C)[C@H](C2)[C@@H]1C=C(OC)C(OC(=O)CC)C3. The van der Waals surface area contributed by atoms with Crippen molar-refractivity contribution in [3.8, 4) is 11.5 Å². The molecule has 0 aromatic heterocycles. The molecule has 2 bridgehead atoms. The molecule has 1 saturated heterocycles. The highest BCUT2D eigenvalue weighted by atomic mass is 16.6. The van der Waals surface area contributed by atoms with Crippen molar-refractivity contribution in [2.75, 3.05) is 27.8 Å². The average molecular weight is 444 g/mol. The molecule has 2 aliphatic carbocycles. The van der Waals surface area contributed by atoms with Gasteiger partial charge in [-0.2, -0.15) is 0 Å². The number of rotatable bonds is 6. The number of carbonyl (C=O) groups excluding carboxylic acids is 2. The van der Waals surface area contributed by atoms with E-state index in [1.165, 1.54) is 0 Å². The van der Waals surface area contributed by atoms with Crippen molar-refractivity contribution in [1.29, 1.82) is 0 Å². The third-order valence-corrected chi connectivity index (χ3v) is 7.40. The summed E-state index contributed by atoms with van der Waals surface area (Å²) in [7, 11) is 5.38. The van der Waals surface area contributed by atoms with Crippen LogP contribution in [0.15, 0.2) is 24.0 Å². The van der Waals surface area contributed by atoms with Gasteiger partial charge in [0.05, 0.1) is 14.2 Å². The normalized spacial score (nSPS) is 28.7. The summed E-state index contributed by atoms with van der Waals surface area (Å²) < 4.78 is 23.1. The molecule has 7 heteroatoms. The van der Waals surface area contributed by atoms with Crippen molar-refractivity contribution in [3.05, 3.63) is 35.1 Å². The topological polar surface area (TPSA) is 74.3 Å². The molecule has 0 radical (unpaired) electrons. The fourth-order valence-electron chi connectivity index (χ4n) is 5.79. The summed E-state index contributed by atoms with van der Waals surface area (Å²) in [6, 6.07) is 4.26. The summed E-state index contributed by atoms with van der Waals surface area (Å²) in [6.45, 7) is 4.48. The highest BCUT2D eigenvalue weighted by Crippen LogP contribution is 2.59. The number of fused-ring (bicyclic) bond motifs is 1. The van der Waals surface area contributed by atoms with Crippen LogP contribution in [0.25, 0.3) is 0 Å². The van der Waals surface area contributed by atoms with Gasteiger partial charge in [-0.3, -0.25) is 9.59 Å². The van der Waals surface area contributed by atoms with E-state index >= 15 is 0 Å². The van der Waals surface area contributed by atoms with Gasteiger partial charge >= 0.3 is 11.9 Å². The predicted molar refractivity (Wildman–Crippen MR) is 119 cm³/mol. The van der Waals surface area contributed by atoms with Crippen LogP contribution in [0.1, 0.15) is 50.7 Å². The second-order valence-corrected chi connectivity index (χ2v) is 8.95. The number of hydrogen-bond acceptors (Lipinski definition) is 7. The van der Waals surface area contributed by atoms with Gasteiger partial charge in [0, 0.05) is 42.2 Å². The van der Waals surface area contributed by atoms with E-state index in [2.05, 4.69) is 24.1 Å². The van der Waals surface area contributed by atoms with Crippen LogP contribution in [-0.2, 0) is 30.9 Å². The van der Waals surface area contributed by atoms with Gasteiger partial charge < -0.3 is 23.8 Å². The number of methoxy groups -OCH3 is 2. The largest absolute Gasteiger partial charge is 0.497 e. The van der Waals surface area contributed by atoms with Crippen molar-refractivity contribution in [3.63, 3.8) is 0 Å². The summed E-state index contributed by atoms with van der Waals surface area (Å²) in [6.07, 6.45) is 4.54. The lowest BCUT2D eigenvalue weighted by molar-refractivity contribution is -0.151. The Kier molecular flexibility index (Phi) is 6.21. The molecule has 0 spiro atoms. The molecule has 1 unspecified atom stereocenters. The lowest BCUT2D eigenvalue weighted by Gasteiger charge is -2.58. The van der Waals surface area contributed by atoms with Gasteiger partial charge in [-0.15, -0.1) is 0 Å². The van der Waals surface area contributed by atoms with Crippen LogP contribution in [0.2, 0.25) is 0 Å². The van der Waals surface area contributed by atoms with E-state index in [0.717, 1.165) is 30.5 Å². The molecule has 32 heavy (non-hydrogen) atoms. The Morgan fingerprint density at radius 2 is 1.88 bits per heavy atom. The third-order valence-electron chi connectivity index (χ3n) is 7.40. The van der Waals surface area contributed by atoms with E-state index in [0.29, 0.717) is 30.1 Å². The summed E-state index contributed by atoms with van der Waals surface area (Å²) in [5, 5.41) is 0. The van der Waals surface area contributed by atoms with Crippen molar-refractivity contribution in [2.24, 2.45) is 5.92 Å². The van der Waals surface area contributed by atoms with E-state index in [-0.39, 0.29) is 35.7 Å². The number of benzene rings is 1. The molecule has 7 nitrogen and oxygen atoms in total. The highest BCUT2D eigenvalue weighted by Gasteiger charge is 2.57. The molecular weight excluding hydrogens is 410 g/mol. The van der Waals surface area contributed by atoms with E-state index < -0.39 is 6.10 Å². The summed E-state index contributed by atoms with van der Waals surface area (Å²) in [5.41, 5.74) is 1.84. The zero-order valence-corrected chi connectivity index (χ0v) is 19.6. The van der Waals surface area contributed by atoms with Crippen LogP contribution in [0.3, 0.4) is 0 Å². The first-order chi connectivity index (χ1) is 15.4. The molecule has 1 fully saturated rings. The Labute approximate surface area is 189 Å². The number of piperidine rings is 1. The Morgan fingerprint density at radius 3 is 2.53 bits per heavy atom. The fourth-order valence-corrected chi connectivity index (χ4v) is 5.79. The number of likely N-dealkylation sites (tertiary alicyclic amines) is 1. The fraction of sp³-hybridized carbons (Fsp3) is 0.600. The maximum absolute atomic E-state index is 12.4. The second kappa shape index (κ2) is 8.77. The molecule has 0 N–H and O–H groups in total. The predicted octanol–water partition coefficient (Wildman–Crippen LogP) is 3.38. The van der Waals surface area contributed by atoms with Crippen molar-refractivity contribution < 1.29 is 28.5 Å². The first-order valence-electron chi connectivity index (χ1n) is 11.4. The van der Waals surface area contributed by atoms with Gasteiger partial charge in [-0.05, 0) is 44.1 Å². The van der Waals surface area contributed by atoms with Crippen LogP contribution in [0.4, 0.5) is 0 Å². The molecular formula is C25H33NO6. The molecule has 4 atom stereocenters. The van der Waals surface area contributed by atoms with Crippen LogP contribution in [-0.4, -0.2) is 56.8 Å². The zero-order valence-electron chi connectivity index (χ0n) is 19.6. The first kappa shape index (κ1) is 22.6. The lowest BCUT2D eigenvalue weighted by atomic mass is 9.53. The molecule has 1 aromatic carbocycles. The van der Waals surface area contributed by atoms with Gasteiger partial charge in [0.2, 0.25) is 0 Å². The number of carbonyl (C=O) groups is 2. The number of esters is 2. The van der Waals surface area contributed by atoms with Crippen molar-refractivity contribution >= 4 is 11.9 Å². The van der Waals surface area contributed by atoms with Crippen LogP contribution in [0, 0.1) is 5.92 Å². The summed E-state index contributed by atoms with van der Waals surface area (Å²) in [4.78, 5) is 27.0. The Bertz CT molecular complexity index is 941. The molecule has 1 aromatic rings. The van der Waals surface area contributed by atoms with Gasteiger partial charge in [0.1, 0.15) is 5.76 Å². The molecule has 1 aliphatic heterocycles. The average Bonchev–Trinajstić information content (AvgIpc) is 2.80. The van der Waals surface area contributed by atoms with Gasteiger partial charge in [0.15, 0.2) is 17.6 Å². The molecule has 3 aliphatic rings. The molecule has 174 valence electrons. The van der Waals surface area contributed by atoms with Gasteiger partial charge in [-0.25, -0.2) is 0 Å². The van der Waals surface area contributed by atoms with E-state index in [4.69, 9.17) is 18.9 Å². The quantitative estimate of drug-likeness (QED) is 0.493. The third kappa shape index (κ3) is 3.56. The van der Waals surface area contributed by atoms with E-state index in [1.807, 2.05) is 6.07 Å². The van der Waals surface area contributed by atoms with Gasteiger partial charge in [-0.1, -0.05) is 19.9 Å². The van der Waals surface area contributed by atoms with Crippen molar-refractivity contribution in [2.45, 2.75) is 63.5 Å². The molecule has 4 rings (SSSR count). The number of nitrogens with zero attached hydrogens (tertiary/aromatic N) is 1. The molecule has 1 heterocycles. The van der Waals surface area contributed by atoms with Crippen LogP contribution < -0.4 is 9.47 Å².